The summed E-state index contributed by atoms with van der Waals surface area (Å²) in [6.45, 7) is 4.44. The van der Waals surface area contributed by atoms with Crippen LogP contribution in [0.25, 0.3) is 0 Å². The summed E-state index contributed by atoms with van der Waals surface area (Å²) in [5.41, 5.74) is 1.73. The second-order valence-corrected chi connectivity index (χ2v) is 6.60. The highest BCUT2D eigenvalue weighted by Gasteiger charge is 2.48. The van der Waals surface area contributed by atoms with E-state index in [1.165, 1.54) is 12.0 Å². The van der Waals surface area contributed by atoms with Gasteiger partial charge in [-0.3, -0.25) is 4.79 Å². The van der Waals surface area contributed by atoms with E-state index >= 15 is 0 Å². The van der Waals surface area contributed by atoms with Crippen LogP contribution >= 0.6 is 0 Å². The molecule has 1 aromatic rings. The molecule has 0 radical (unpaired) electrons. The molecule has 2 bridgehead atoms. The Hall–Kier alpha value is -1.11. The maximum atomic E-state index is 12.3. The molecular weight excluding hydrogens is 220 g/mol. The normalized spacial score (nSPS) is 39.7. The Bertz CT molecular complexity index is 446. The van der Waals surface area contributed by atoms with E-state index in [9.17, 15) is 4.79 Å². The van der Waals surface area contributed by atoms with Gasteiger partial charge >= 0.3 is 0 Å². The van der Waals surface area contributed by atoms with E-state index in [0.29, 0.717) is 17.6 Å². The Labute approximate surface area is 110 Å². The molecule has 2 aliphatic rings. The minimum Gasteiger partial charge on any atom is -0.299 e. The topological polar surface area (TPSA) is 17.1 Å². The van der Waals surface area contributed by atoms with Crippen LogP contribution in [0.5, 0.6) is 0 Å². The summed E-state index contributed by atoms with van der Waals surface area (Å²) in [4.78, 5) is 12.3. The largest absolute Gasteiger partial charge is 0.299 e. The van der Waals surface area contributed by atoms with Gasteiger partial charge in [-0.2, -0.15) is 0 Å². The molecule has 0 N–H and O–H groups in total. The van der Waals surface area contributed by atoms with Gasteiger partial charge < -0.3 is 0 Å². The van der Waals surface area contributed by atoms with Gasteiger partial charge in [0.15, 0.2) is 0 Å². The van der Waals surface area contributed by atoms with E-state index < -0.39 is 0 Å². The number of hydrogen-bond donors (Lipinski definition) is 0. The molecule has 2 saturated carbocycles. The summed E-state index contributed by atoms with van der Waals surface area (Å²) < 4.78 is 0. The maximum Gasteiger partial charge on any atom is 0.138 e. The van der Waals surface area contributed by atoms with Gasteiger partial charge in [-0.05, 0) is 42.6 Å². The first-order valence-corrected chi connectivity index (χ1v) is 7.20. The summed E-state index contributed by atoms with van der Waals surface area (Å²) in [5, 5.41) is 0. The Kier molecular flexibility index (Phi) is 2.80. The van der Waals surface area contributed by atoms with E-state index in [0.717, 1.165) is 19.3 Å². The van der Waals surface area contributed by atoms with Crippen molar-refractivity contribution in [2.45, 2.75) is 44.9 Å². The first-order chi connectivity index (χ1) is 8.61. The van der Waals surface area contributed by atoms with Crippen LogP contribution in [0.4, 0.5) is 0 Å². The first-order valence-electron chi connectivity index (χ1n) is 7.20. The Morgan fingerprint density at radius 1 is 1.06 bits per heavy atom. The van der Waals surface area contributed by atoms with Gasteiger partial charge in [-0.15, -0.1) is 0 Å². The zero-order chi connectivity index (χ0) is 12.8. The molecule has 4 unspecified atom stereocenters. The van der Waals surface area contributed by atoms with Crippen molar-refractivity contribution in [2.75, 3.05) is 0 Å². The third kappa shape index (κ3) is 1.81. The van der Waals surface area contributed by atoms with Gasteiger partial charge in [0, 0.05) is 11.8 Å². The molecule has 0 saturated heterocycles. The summed E-state index contributed by atoms with van der Waals surface area (Å²) in [6, 6.07) is 10.9. The van der Waals surface area contributed by atoms with Crippen LogP contribution < -0.4 is 0 Å². The van der Waals surface area contributed by atoms with Gasteiger partial charge in [0.1, 0.15) is 5.78 Å². The molecule has 1 nitrogen and oxygen atoms in total. The summed E-state index contributed by atoms with van der Waals surface area (Å²) >= 11 is 0. The van der Waals surface area contributed by atoms with E-state index in [2.05, 4.69) is 44.2 Å². The van der Waals surface area contributed by atoms with Crippen LogP contribution in [0.2, 0.25) is 0 Å². The average Bonchev–Trinajstić information content (AvgIpc) is 2.37. The minimum atomic E-state index is 0.247. The third-order valence-corrected chi connectivity index (χ3v) is 5.03. The van der Waals surface area contributed by atoms with Crippen LogP contribution in [0.3, 0.4) is 0 Å². The van der Waals surface area contributed by atoms with Crippen molar-refractivity contribution in [3.05, 3.63) is 35.9 Å². The molecule has 2 fully saturated rings. The quantitative estimate of drug-likeness (QED) is 0.728. The zero-order valence-corrected chi connectivity index (χ0v) is 11.4. The van der Waals surface area contributed by atoms with Crippen molar-refractivity contribution in [1.82, 2.24) is 0 Å². The molecule has 96 valence electrons. The lowest BCUT2D eigenvalue weighted by molar-refractivity contribution is -0.133. The number of ketones is 1. The fraction of sp³-hybridized carbons (Fsp3) is 0.588. The molecule has 4 atom stereocenters. The second kappa shape index (κ2) is 4.22. The van der Waals surface area contributed by atoms with Gasteiger partial charge in [0.25, 0.3) is 0 Å². The highest BCUT2D eigenvalue weighted by Crippen LogP contribution is 2.52. The SMILES string of the molecule is CC1CC2CC(c3ccccc3)(C1)CC(C)C2=O. The molecule has 0 aliphatic heterocycles. The fourth-order valence-corrected chi connectivity index (χ4v) is 4.49. The molecule has 1 heteroatoms. The van der Waals surface area contributed by atoms with Gasteiger partial charge in [-0.1, -0.05) is 44.2 Å². The number of hydrogen-bond acceptors (Lipinski definition) is 1. The lowest BCUT2D eigenvalue weighted by Gasteiger charge is -2.49. The summed E-state index contributed by atoms with van der Waals surface area (Å²) in [5.74, 6) is 1.77. The van der Waals surface area contributed by atoms with E-state index in [-0.39, 0.29) is 11.3 Å². The molecular formula is C17H22O. The Morgan fingerprint density at radius 2 is 1.78 bits per heavy atom. The molecule has 2 aliphatic carbocycles. The second-order valence-electron chi connectivity index (χ2n) is 6.60. The van der Waals surface area contributed by atoms with Crippen molar-refractivity contribution < 1.29 is 4.79 Å². The standard InChI is InChI=1S/C17H22O/c1-12-8-14-11-17(9-12,10-13(2)16(14)18)15-6-4-3-5-7-15/h3-7,12-14H,8-11H2,1-2H3. The number of rotatable bonds is 1. The van der Waals surface area contributed by atoms with Crippen LogP contribution in [0, 0.1) is 17.8 Å². The molecule has 0 spiro atoms. The highest BCUT2D eigenvalue weighted by molar-refractivity contribution is 5.84. The minimum absolute atomic E-state index is 0.247. The number of Topliss-reactive ketones (excluding diaryl/α,β-unsaturated/α-hetero) is 1. The first kappa shape index (κ1) is 12.0. The average molecular weight is 242 g/mol. The monoisotopic (exact) mass is 242 g/mol. The van der Waals surface area contributed by atoms with Crippen LogP contribution in [0.1, 0.15) is 45.1 Å². The van der Waals surface area contributed by atoms with E-state index in [4.69, 9.17) is 0 Å². The van der Waals surface area contributed by atoms with Gasteiger partial charge in [0.2, 0.25) is 0 Å². The molecule has 1 aromatic carbocycles. The molecule has 0 amide bonds. The smallest absolute Gasteiger partial charge is 0.138 e. The van der Waals surface area contributed by atoms with Crippen molar-refractivity contribution in [1.29, 1.82) is 0 Å². The Morgan fingerprint density at radius 3 is 2.50 bits per heavy atom. The van der Waals surface area contributed by atoms with Crippen LogP contribution in [-0.4, -0.2) is 5.78 Å². The number of benzene rings is 1. The third-order valence-electron chi connectivity index (χ3n) is 5.03. The van der Waals surface area contributed by atoms with Crippen molar-refractivity contribution in [3.8, 4) is 0 Å². The molecule has 18 heavy (non-hydrogen) atoms. The lowest BCUT2D eigenvalue weighted by Crippen LogP contribution is -2.47. The highest BCUT2D eigenvalue weighted by atomic mass is 16.1. The predicted molar refractivity (Wildman–Crippen MR) is 73.4 cm³/mol. The predicted octanol–water partition coefficient (Wildman–Crippen LogP) is 3.97. The number of carbonyl (C=O) groups excluding carboxylic acids is 1. The van der Waals surface area contributed by atoms with Crippen LogP contribution in [-0.2, 0) is 10.2 Å². The van der Waals surface area contributed by atoms with E-state index in [1.807, 2.05) is 0 Å². The summed E-state index contributed by atoms with van der Waals surface area (Å²) in [7, 11) is 0. The van der Waals surface area contributed by atoms with Crippen molar-refractivity contribution in [2.24, 2.45) is 17.8 Å². The number of carbonyl (C=O) groups is 1. The van der Waals surface area contributed by atoms with Crippen molar-refractivity contribution in [3.63, 3.8) is 0 Å². The number of fused-ring (bicyclic) bond motifs is 2. The Balaban J connectivity index is 2.01. The van der Waals surface area contributed by atoms with Crippen LogP contribution in [0.15, 0.2) is 30.3 Å². The molecule has 3 rings (SSSR count). The van der Waals surface area contributed by atoms with Crippen molar-refractivity contribution >= 4 is 5.78 Å². The fourth-order valence-electron chi connectivity index (χ4n) is 4.49. The van der Waals surface area contributed by atoms with Gasteiger partial charge in [-0.25, -0.2) is 0 Å². The molecule has 0 aromatic heterocycles. The zero-order valence-electron chi connectivity index (χ0n) is 11.4. The van der Waals surface area contributed by atoms with E-state index in [1.54, 1.807) is 0 Å². The van der Waals surface area contributed by atoms with Gasteiger partial charge in [0.05, 0.1) is 0 Å². The lowest BCUT2D eigenvalue weighted by atomic mass is 9.54. The molecule has 0 heterocycles. The maximum absolute atomic E-state index is 12.3. The summed E-state index contributed by atoms with van der Waals surface area (Å²) in [6.07, 6.45) is 4.50.